The van der Waals surface area contributed by atoms with Gasteiger partial charge in [0.25, 0.3) is 0 Å². The summed E-state index contributed by atoms with van der Waals surface area (Å²) in [5, 5.41) is 4.26. The van der Waals surface area contributed by atoms with Gasteiger partial charge in [0.15, 0.2) is 0 Å². The molecule has 0 radical (unpaired) electrons. The van der Waals surface area contributed by atoms with Crippen LogP contribution in [-0.2, 0) is 16.1 Å². The minimum atomic E-state index is -0.290. The van der Waals surface area contributed by atoms with Crippen LogP contribution < -0.4 is 0 Å². The Balaban J connectivity index is 1.48. The van der Waals surface area contributed by atoms with Crippen molar-refractivity contribution in [3.05, 3.63) is 48.0 Å². The fourth-order valence-electron chi connectivity index (χ4n) is 3.09. The van der Waals surface area contributed by atoms with E-state index in [1.165, 1.54) is 12.1 Å². The molecule has 138 valence electrons. The predicted octanol–water partition coefficient (Wildman–Crippen LogP) is 2.37. The molecule has 7 heteroatoms. The maximum atomic E-state index is 13.0. The van der Waals surface area contributed by atoms with E-state index in [0.29, 0.717) is 32.4 Å². The van der Waals surface area contributed by atoms with E-state index < -0.39 is 0 Å². The fourth-order valence-corrected chi connectivity index (χ4v) is 3.09. The van der Waals surface area contributed by atoms with Gasteiger partial charge in [0.2, 0.25) is 11.8 Å². The smallest absolute Gasteiger partial charge is 0.222 e. The summed E-state index contributed by atoms with van der Waals surface area (Å²) in [6, 6.07) is 6.08. The molecule has 3 rings (SSSR count). The second kappa shape index (κ2) is 8.12. The zero-order chi connectivity index (χ0) is 18.5. The van der Waals surface area contributed by atoms with Crippen LogP contribution in [-0.4, -0.2) is 51.5 Å². The molecule has 0 unspecified atom stereocenters. The zero-order valence-electron chi connectivity index (χ0n) is 14.9. The molecule has 1 saturated heterocycles. The van der Waals surface area contributed by atoms with Crippen molar-refractivity contribution in [1.29, 1.82) is 0 Å². The van der Waals surface area contributed by atoms with E-state index in [4.69, 9.17) is 0 Å². The Morgan fingerprint density at radius 2 is 2.08 bits per heavy atom. The van der Waals surface area contributed by atoms with Gasteiger partial charge >= 0.3 is 0 Å². The van der Waals surface area contributed by atoms with Crippen LogP contribution in [0.4, 0.5) is 4.39 Å². The molecule has 1 aromatic carbocycles. The lowest BCUT2D eigenvalue weighted by Gasteiger charge is -2.18. The Hall–Kier alpha value is -2.70. The van der Waals surface area contributed by atoms with Gasteiger partial charge < -0.3 is 9.80 Å². The molecule has 2 aromatic rings. The summed E-state index contributed by atoms with van der Waals surface area (Å²) in [6.07, 6.45) is 6.20. The number of nitrogens with zero attached hydrogens (tertiary/aromatic N) is 4. The molecule has 0 spiro atoms. The lowest BCUT2D eigenvalue weighted by molar-refractivity contribution is -0.132. The van der Waals surface area contributed by atoms with Crippen molar-refractivity contribution in [1.82, 2.24) is 19.6 Å². The van der Waals surface area contributed by atoms with Gasteiger partial charge in [-0.1, -0.05) is 0 Å². The third-order valence-electron chi connectivity index (χ3n) is 4.56. The Bertz CT molecular complexity index is 772. The highest BCUT2D eigenvalue weighted by atomic mass is 19.1. The molecule has 1 fully saturated rings. The normalized spacial score (nSPS) is 14.1. The molecule has 6 nitrogen and oxygen atoms in total. The van der Waals surface area contributed by atoms with E-state index in [2.05, 4.69) is 5.10 Å². The van der Waals surface area contributed by atoms with Gasteiger partial charge in [-0.3, -0.25) is 9.59 Å². The maximum absolute atomic E-state index is 13.0. The molecular formula is C19H23FN4O2. The minimum Gasteiger partial charge on any atom is -0.343 e. The lowest BCUT2D eigenvalue weighted by atomic mass is 10.2. The molecule has 0 N–H and O–H groups in total. The monoisotopic (exact) mass is 358 g/mol. The van der Waals surface area contributed by atoms with Gasteiger partial charge in [0.1, 0.15) is 5.82 Å². The number of benzene rings is 1. The van der Waals surface area contributed by atoms with E-state index >= 15 is 0 Å². The zero-order valence-corrected chi connectivity index (χ0v) is 14.9. The van der Waals surface area contributed by atoms with Crippen LogP contribution in [0.1, 0.15) is 31.2 Å². The summed E-state index contributed by atoms with van der Waals surface area (Å²) in [5.74, 6) is -0.0488. The first-order valence-corrected chi connectivity index (χ1v) is 8.84. The van der Waals surface area contributed by atoms with Gasteiger partial charge in [-0.25, -0.2) is 9.07 Å². The van der Waals surface area contributed by atoms with Gasteiger partial charge in [-0.15, -0.1) is 0 Å². The first-order valence-electron chi connectivity index (χ1n) is 8.84. The van der Waals surface area contributed by atoms with Gasteiger partial charge in [0, 0.05) is 51.3 Å². The second-order valence-corrected chi connectivity index (χ2v) is 6.61. The molecule has 1 aliphatic heterocycles. The lowest BCUT2D eigenvalue weighted by Crippen LogP contribution is -2.29. The quantitative estimate of drug-likeness (QED) is 0.764. The third-order valence-corrected chi connectivity index (χ3v) is 4.56. The number of likely N-dealkylation sites (tertiary alicyclic amines) is 1. The number of carbonyl (C=O) groups is 2. The number of hydrogen-bond donors (Lipinski definition) is 0. The molecule has 0 atom stereocenters. The van der Waals surface area contributed by atoms with Crippen LogP contribution in [0.5, 0.6) is 0 Å². The molecule has 0 saturated carbocycles. The highest BCUT2D eigenvalue weighted by Crippen LogP contribution is 2.13. The number of halogens is 1. The molecule has 1 aliphatic rings. The predicted molar refractivity (Wildman–Crippen MR) is 95.0 cm³/mol. The summed E-state index contributed by atoms with van der Waals surface area (Å²) in [4.78, 5) is 27.3. The first-order chi connectivity index (χ1) is 12.5. The summed E-state index contributed by atoms with van der Waals surface area (Å²) in [7, 11) is 1.76. The largest absolute Gasteiger partial charge is 0.343 e. The molecular weight excluding hydrogens is 335 g/mol. The highest BCUT2D eigenvalue weighted by molar-refractivity contribution is 5.78. The van der Waals surface area contributed by atoms with Gasteiger partial charge in [0.05, 0.1) is 11.9 Å². The van der Waals surface area contributed by atoms with Crippen molar-refractivity contribution in [2.75, 3.05) is 20.1 Å². The highest BCUT2D eigenvalue weighted by Gasteiger charge is 2.20. The number of rotatable bonds is 7. The van der Waals surface area contributed by atoms with E-state index in [-0.39, 0.29) is 17.6 Å². The summed E-state index contributed by atoms with van der Waals surface area (Å²) < 4.78 is 14.7. The van der Waals surface area contributed by atoms with Crippen molar-refractivity contribution >= 4 is 11.8 Å². The van der Waals surface area contributed by atoms with Crippen molar-refractivity contribution in [2.45, 2.75) is 32.2 Å². The average molecular weight is 358 g/mol. The summed E-state index contributed by atoms with van der Waals surface area (Å²) in [5.41, 5.74) is 1.67. The Morgan fingerprint density at radius 1 is 1.31 bits per heavy atom. The Morgan fingerprint density at radius 3 is 2.77 bits per heavy atom. The Labute approximate surface area is 152 Å². The van der Waals surface area contributed by atoms with Crippen LogP contribution in [0.15, 0.2) is 36.7 Å². The second-order valence-electron chi connectivity index (χ2n) is 6.61. The first kappa shape index (κ1) is 18.1. The van der Waals surface area contributed by atoms with E-state index in [0.717, 1.165) is 24.2 Å². The SMILES string of the molecule is CN(Cc1cnn(-c2ccc(F)cc2)c1)C(=O)CCCN1CCCC1=O. The summed E-state index contributed by atoms with van der Waals surface area (Å²) in [6.45, 7) is 1.93. The Kier molecular flexibility index (Phi) is 5.65. The van der Waals surface area contributed by atoms with Crippen LogP contribution in [0, 0.1) is 5.82 Å². The average Bonchev–Trinajstić information content (AvgIpc) is 3.25. The van der Waals surface area contributed by atoms with Crippen molar-refractivity contribution in [3.63, 3.8) is 0 Å². The molecule has 2 heterocycles. The van der Waals surface area contributed by atoms with Crippen molar-refractivity contribution in [3.8, 4) is 5.69 Å². The fraction of sp³-hybridized carbons (Fsp3) is 0.421. The van der Waals surface area contributed by atoms with Crippen LogP contribution in [0.3, 0.4) is 0 Å². The third kappa shape index (κ3) is 4.47. The van der Waals surface area contributed by atoms with E-state index in [9.17, 15) is 14.0 Å². The van der Waals surface area contributed by atoms with E-state index in [1.54, 1.807) is 35.0 Å². The van der Waals surface area contributed by atoms with Crippen LogP contribution >= 0.6 is 0 Å². The molecule has 0 bridgehead atoms. The number of hydrogen-bond acceptors (Lipinski definition) is 3. The standard InChI is InChI=1S/C19H23FN4O2/c1-22(18(25)4-2-10-23-11-3-5-19(23)26)13-15-12-21-24(14-15)17-8-6-16(20)7-9-17/h6-9,12,14H,2-5,10-11,13H2,1H3. The van der Waals surface area contributed by atoms with Crippen molar-refractivity contribution in [2.24, 2.45) is 0 Å². The molecule has 26 heavy (non-hydrogen) atoms. The molecule has 0 aliphatic carbocycles. The number of aromatic nitrogens is 2. The van der Waals surface area contributed by atoms with Crippen molar-refractivity contribution < 1.29 is 14.0 Å². The van der Waals surface area contributed by atoms with Crippen LogP contribution in [0.2, 0.25) is 0 Å². The number of amides is 2. The van der Waals surface area contributed by atoms with E-state index in [1.807, 2.05) is 11.1 Å². The van der Waals surface area contributed by atoms with Gasteiger partial charge in [-0.05, 0) is 37.1 Å². The molecule has 2 amide bonds. The topological polar surface area (TPSA) is 58.4 Å². The summed E-state index contributed by atoms with van der Waals surface area (Å²) >= 11 is 0. The maximum Gasteiger partial charge on any atom is 0.222 e. The molecule has 1 aromatic heterocycles. The van der Waals surface area contributed by atoms with Gasteiger partial charge in [-0.2, -0.15) is 5.10 Å². The minimum absolute atomic E-state index is 0.0474. The number of carbonyl (C=O) groups excluding carboxylic acids is 2. The van der Waals surface area contributed by atoms with Crippen LogP contribution in [0.25, 0.3) is 5.69 Å².